The molecule has 0 unspecified atom stereocenters. The number of aliphatic carboxylic acids is 1. The highest BCUT2D eigenvalue weighted by Gasteiger charge is 2.13. The Morgan fingerprint density at radius 2 is 1.89 bits per heavy atom. The summed E-state index contributed by atoms with van der Waals surface area (Å²) >= 11 is 1.56. The van der Waals surface area contributed by atoms with E-state index >= 15 is 0 Å². The van der Waals surface area contributed by atoms with Crippen molar-refractivity contribution in [1.82, 2.24) is 15.3 Å². The molecule has 0 saturated heterocycles. The van der Waals surface area contributed by atoms with Crippen LogP contribution in [0.5, 0.6) is 0 Å². The summed E-state index contributed by atoms with van der Waals surface area (Å²) in [4.78, 5) is 31.9. The van der Waals surface area contributed by atoms with Gasteiger partial charge in [0.05, 0.1) is 5.39 Å². The van der Waals surface area contributed by atoms with Gasteiger partial charge in [-0.3, -0.25) is 9.59 Å². The molecule has 2 heterocycles. The fourth-order valence-corrected chi connectivity index (χ4v) is 3.61. The Labute approximate surface area is 160 Å². The maximum atomic E-state index is 11.9. The average molecular weight is 384 g/mol. The Hall–Kier alpha value is -3.00. The fourth-order valence-electron chi connectivity index (χ4n) is 2.69. The van der Waals surface area contributed by atoms with Crippen molar-refractivity contribution in [2.45, 2.75) is 19.3 Å². The van der Waals surface area contributed by atoms with Crippen molar-refractivity contribution in [3.63, 3.8) is 0 Å². The van der Waals surface area contributed by atoms with Crippen molar-refractivity contribution in [2.24, 2.45) is 0 Å². The lowest BCUT2D eigenvalue weighted by Gasteiger charge is -2.09. The molecule has 0 saturated carbocycles. The minimum atomic E-state index is -0.858. The van der Waals surface area contributed by atoms with Gasteiger partial charge in [-0.15, -0.1) is 11.3 Å². The SMILES string of the molecule is O=C(O)CCCNC(=O)CCNc1ncnc2scc(-c3ccccc3)c12. The molecule has 0 aliphatic carbocycles. The maximum absolute atomic E-state index is 11.9. The number of amides is 1. The number of carbonyl (C=O) groups excluding carboxylic acids is 1. The number of rotatable bonds is 9. The molecule has 0 atom stereocenters. The number of carboxylic acids is 1. The number of aromatic nitrogens is 2. The van der Waals surface area contributed by atoms with Crippen LogP contribution in [0.2, 0.25) is 0 Å². The van der Waals surface area contributed by atoms with Crippen LogP contribution in [0.25, 0.3) is 21.3 Å². The topological polar surface area (TPSA) is 104 Å². The second-order valence-corrected chi connectivity index (χ2v) is 6.80. The molecule has 27 heavy (non-hydrogen) atoms. The first-order valence-electron chi connectivity index (χ1n) is 8.65. The van der Waals surface area contributed by atoms with Crippen molar-refractivity contribution in [3.8, 4) is 11.1 Å². The molecule has 140 valence electrons. The van der Waals surface area contributed by atoms with Gasteiger partial charge in [-0.25, -0.2) is 9.97 Å². The molecule has 0 radical (unpaired) electrons. The van der Waals surface area contributed by atoms with Gasteiger partial charge in [0.1, 0.15) is 17.0 Å². The van der Waals surface area contributed by atoms with Crippen LogP contribution in [0, 0.1) is 0 Å². The van der Waals surface area contributed by atoms with Crippen LogP contribution in [0.1, 0.15) is 19.3 Å². The standard InChI is InChI=1S/C19H20N4O3S/c24-15(20-9-4-7-16(25)26)8-10-21-18-17-14(13-5-2-1-3-6-13)11-27-19(17)23-12-22-18/h1-3,5-6,11-12H,4,7-10H2,(H,20,24)(H,25,26)(H,21,22,23). The summed E-state index contributed by atoms with van der Waals surface area (Å²) in [6.07, 6.45) is 2.28. The third kappa shape index (κ3) is 5.01. The first kappa shape index (κ1) is 18.8. The quantitative estimate of drug-likeness (QED) is 0.490. The lowest BCUT2D eigenvalue weighted by atomic mass is 10.1. The molecular formula is C19H20N4O3S. The van der Waals surface area contributed by atoms with Crippen LogP contribution in [0.15, 0.2) is 42.0 Å². The van der Waals surface area contributed by atoms with E-state index in [1.165, 1.54) is 6.33 Å². The third-order valence-electron chi connectivity index (χ3n) is 3.99. The van der Waals surface area contributed by atoms with Gasteiger partial charge in [-0.2, -0.15) is 0 Å². The summed E-state index contributed by atoms with van der Waals surface area (Å²) in [6.45, 7) is 0.798. The first-order chi connectivity index (χ1) is 13.1. The van der Waals surface area contributed by atoms with E-state index in [1.54, 1.807) is 11.3 Å². The molecule has 3 rings (SSSR count). The van der Waals surface area contributed by atoms with E-state index in [0.29, 0.717) is 25.3 Å². The Morgan fingerprint density at radius 1 is 1.07 bits per heavy atom. The van der Waals surface area contributed by atoms with Crippen LogP contribution in [-0.2, 0) is 9.59 Å². The molecule has 7 nitrogen and oxygen atoms in total. The molecule has 0 bridgehead atoms. The largest absolute Gasteiger partial charge is 0.481 e. The molecule has 8 heteroatoms. The van der Waals surface area contributed by atoms with Crippen LogP contribution in [-0.4, -0.2) is 40.0 Å². The summed E-state index contributed by atoms with van der Waals surface area (Å²) in [5.41, 5.74) is 2.16. The molecule has 0 spiro atoms. The molecule has 1 aromatic carbocycles. The third-order valence-corrected chi connectivity index (χ3v) is 4.88. The number of carboxylic acid groups (broad SMARTS) is 1. The predicted molar refractivity (Wildman–Crippen MR) is 106 cm³/mol. The van der Waals surface area contributed by atoms with E-state index in [4.69, 9.17) is 5.11 Å². The molecule has 0 fully saturated rings. The van der Waals surface area contributed by atoms with E-state index in [9.17, 15) is 9.59 Å². The van der Waals surface area contributed by atoms with Gasteiger partial charge >= 0.3 is 5.97 Å². The normalized spacial score (nSPS) is 10.7. The van der Waals surface area contributed by atoms with Crippen molar-refractivity contribution in [2.75, 3.05) is 18.4 Å². The van der Waals surface area contributed by atoms with Gasteiger partial charge < -0.3 is 15.7 Å². The van der Waals surface area contributed by atoms with E-state index in [-0.39, 0.29) is 18.7 Å². The Morgan fingerprint density at radius 3 is 2.67 bits per heavy atom. The van der Waals surface area contributed by atoms with E-state index < -0.39 is 5.97 Å². The summed E-state index contributed by atoms with van der Waals surface area (Å²) in [6, 6.07) is 10.0. The molecular weight excluding hydrogens is 364 g/mol. The summed E-state index contributed by atoms with van der Waals surface area (Å²) in [5, 5.41) is 17.5. The van der Waals surface area contributed by atoms with Crippen LogP contribution in [0.4, 0.5) is 5.82 Å². The molecule has 0 aliphatic rings. The molecule has 3 aromatic rings. The lowest BCUT2D eigenvalue weighted by Crippen LogP contribution is -2.26. The molecule has 2 aromatic heterocycles. The number of benzene rings is 1. The van der Waals surface area contributed by atoms with Crippen LogP contribution >= 0.6 is 11.3 Å². The minimum Gasteiger partial charge on any atom is -0.481 e. The van der Waals surface area contributed by atoms with E-state index in [2.05, 4.69) is 26.0 Å². The monoisotopic (exact) mass is 384 g/mol. The fraction of sp³-hybridized carbons (Fsp3) is 0.263. The predicted octanol–water partition coefficient (Wildman–Crippen LogP) is 3.14. The second-order valence-electron chi connectivity index (χ2n) is 5.94. The zero-order chi connectivity index (χ0) is 19.1. The van der Waals surface area contributed by atoms with Crippen molar-refractivity contribution in [3.05, 3.63) is 42.0 Å². The van der Waals surface area contributed by atoms with Gasteiger partial charge in [-0.05, 0) is 12.0 Å². The highest BCUT2D eigenvalue weighted by atomic mass is 32.1. The number of nitrogens with one attached hydrogen (secondary N) is 2. The molecule has 3 N–H and O–H groups in total. The van der Waals surface area contributed by atoms with Gasteiger partial charge in [0, 0.05) is 36.9 Å². The first-order valence-corrected chi connectivity index (χ1v) is 9.53. The van der Waals surface area contributed by atoms with Gasteiger partial charge in [0.25, 0.3) is 0 Å². The zero-order valence-corrected chi connectivity index (χ0v) is 15.5. The number of thiophene rings is 1. The van der Waals surface area contributed by atoms with Crippen LogP contribution < -0.4 is 10.6 Å². The summed E-state index contributed by atoms with van der Waals surface area (Å²) in [5.74, 6) is -0.269. The Balaban J connectivity index is 1.61. The highest BCUT2D eigenvalue weighted by Crippen LogP contribution is 2.36. The van der Waals surface area contributed by atoms with Crippen molar-refractivity contribution in [1.29, 1.82) is 0 Å². The minimum absolute atomic E-state index is 0.0534. The van der Waals surface area contributed by atoms with Gasteiger partial charge in [0.2, 0.25) is 5.91 Å². The lowest BCUT2D eigenvalue weighted by molar-refractivity contribution is -0.137. The Kier molecular flexibility index (Phi) is 6.32. The molecule has 0 aliphatic heterocycles. The number of hydrogen-bond acceptors (Lipinski definition) is 6. The van der Waals surface area contributed by atoms with E-state index in [1.807, 2.05) is 30.3 Å². The second kappa shape index (κ2) is 9.09. The average Bonchev–Trinajstić information content (AvgIpc) is 3.11. The maximum Gasteiger partial charge on any atom is 0.303 e. The van der Waals surface area contributed by atoms with Gasteiger partial charge in [0.15, 0.2) is 0 Å². The molecule has 1 amide bonds. The number of anilines is 1. The van der Waals surface area contributed by atoms with Crippen molar-refractivity contribution >= 4 is 39.2 Å². The smallest absolute Gasteiger partial charge is 0.303 e. The summed E-state index contributed by atoms with van der Waals surface area (Å²) in [7, 11) is 0. The number of nitrogens with zero attached hydrogens (tertiary/aromatic N) is 2. The van der Waals surface area contributed by atoms with E-state index in [0.717, 1.165) is 21.3 Å². The summed E-state index contributed by atoms with van der Waals surface area (Å²) < 4.78 is 0. The highest BCUT2D eigenvalue weighted by molar-refractivity contribution is 7.17. The van der Waals surface area contributed by atoms with Crippen molar-refractivity contribution < 1.29 is 14.7 Å². The zero-order valence-electron chi connectivity index (χ0n) is 14.6. The Bertz CT molecular complexity index is 927. The number of hydrogen-bond donors (Lipinski definition) is 3. The number of carbonyl (C=O) groups is 2. The van der Waals surface area contributed by atoms with Gasteiger partial charge in [-0.1, -0.05) is 30.3 Å². The van der Waals surface area contributed by atoms with Crippen LogP contribution in [0.3, 0.4) is 0 Å². The number of fused-ring (bicyclic) bond motifs is 1.